The molecule has 3 aromatic rings. The van der Waals surface area contributed by atoms with Gasteiger partial charge in [-0.2, -0.15) is 10.4 Å². The number of hydrogen-bond acceptors (Lipinski definition) is 3. The number of halogens is 2. The predicted molar refractivity (Wildman–Crippen MR) is 83.0 cm³/mol. The first-order valence-electron chi connectivity index (χ1n) is 5.96. The Morgan fingerprint density at radius 3 is 2.24 bits per heavy atom. The van der Waals surface area contributed by atoms with Crippen molar-refractivity contribution in [1.82, 2.24) is 15.2 Å². The van der Waals surface area contributed by atoms with Crippen LogP contribution in [0.1, 0.15) is 5.56 Å². The average Bonchev–Trinajstić information content (AvgIpc) is 3.02. The minimum atomic E-state index is 0.600. The molecule has 1 aromatic heterocycles. The van der Waals surface area contributed by atoms with Crippen molar-refractivity contribution in [2.45, 2.75) is 0 Å². The van der Waals surface area contributed by atoms with E-state index in [2.05, 4.69) is 15.2 Å². The van der Waals surface area contributed by atoms with Crippen LogP contribution in [-0.4, -0.2) is 15.2 Å². The van der Waals surface area contributed by atoms with Crippen LogP contribution in [-0.2, 0) is 0 Å². The summed E-state index contributed by atoms with van der Waals surface area (Å²) in [5, 5.41) is 16.2. The molecule has 6 heteroatoms. The number of aromatic nitrogens is 3. The Hall–Kier alpha value is -2.35. The zero-order chi connectivity index (χ0) is 15.1. The molecule has 0 fully saturated rings. The fourth-order valence-corrected chi connectivity index (χ4v) is 1.92. The zero-order valence-electron chi connectivity index (χ0n) is 10.8. The third-order valence-corrected chi connectivity index (χ3v) is 2.94. The molecule has 4 nitrogen and oxygen atoms in total. The van der Waals surface area contributed by atoms with Gasteiger partial charge in [0.05, 0.1) is 11.6 Å². The highest BCUT2D eigenvalue weighted by Gasteiger charge is 1.99. The first-order valence-corrected chi connectivity index (χ1v) is 6.71. The molecule has 0 aliphatic carbocycles. The molecule has 0 spiro atoms. The summed E-state index contributed by atoms with van der Waals surface area (Å²) in [5.41, 5.74) is 1.54. The van der Waals surface area contributed by atoms with Gasteiger partial charge in [-0.1, -0.05) is 41.4 Å². The Morgan fingerprint density at radius 2 is 1.71 bits per heavy atom. The van der Waals surface area contributed by atoms with E-state index in [1.807, 2.05) is 30.3 Å². The van der Waals surface area contributed by atoms with E-state index < -0.39 is 0 Å². The summed E-state index contributed by atoms with van der Waals surface area (Å²) in [6.07, 6.45) is 1.47. The molecule has 1 heterocycles. The summed E-state index contributed by atoms with van der Waals surface area (Å²) in [6, 6.07) is 16.3. The predicted octanol–water partition coefficient (Wildman–Crippen LogP) is 4.34. The highest BCUT2D eigenvalue weighted by molar-refractivity contribution is 6.31. The smallest absolute Gasteiger partial charge is 0.155 e. The van der Waals surface area contributed by atoms with Crippen molar-refractivity contribution in [3.05, 3.63) is 70.5 Å². The van der Waals surface area contributed by atoms with Crippen LogP contribution in [0.15, 0.2) is 54.9 Å². The van der Waals surface area contributed by atoms with Crippen LogP contribution in [0.5, 0.6) is 0 Å². The lowest BCUT2D eigenvalue weighted by Crippen LogP contribution is -1.79. The maximum atomic E-state index is 8.35. The van der Waals surface area contributed by atoms with Crippen molar-refractivity contribution >= 4 is 23.2 Å². The van der Waals surface area contributed by atoms with E-state index in [9.17, 15) is 0 Å². The largest absolute Gasteiger partial charge is 0.259 e. The summed E-state index contributed by atoms with van der Waals surface area (Å²) in [6.45, 7) is 0. The summed E-state index contributed by atoms with van der Waals surface area (Å²) in [4.78, 5) is 4.00. The number of nitrogens with one attached hydrogen (secondary N) is 1. The molecular formula is C15H10Cl2N4. The van der Waals surface area contributed by atoms with Crippen LogP contribution >= 0.6 is 23.2 Å². The van der Waals surface area contributed by atoms with E-state index in [0.717, 1.165) is 11.4 Å². The van der Waals surface area contributed by atoms with E-state index in [1.54, 1.807) is 24.3 Å². The third kappa shape index (κ3) is 4.60. The van der Waals surface area contributed by atoms with Crippen LogP contribution in [0.2, 0.25) is 10.0 Å². The quantitative estimate of drug-likeness (QED) is 0.726. The average molecular weight is 317 g/mol. The first kappa shape index (κ1) is 15.0. The lowest BCUT2D eigenvalue weighted by Gasteiger charge is -1.94. The second-order valence-corrected chi connectivity index (χ2v) is 4.84. The van der Waals surface area contributed by atoms with Crippen molar-refractivity contribution in [1.29, 1.82) is 5.26 Å². The van der Waals surface area contributed by atoms with Gasteiger partial charge in [0.2, 0.25) is 0 Å². The van der Waals surface area contributed by atoms with Crippen LogP contribution in [0.25, 0.3) is 11.4 Å². The van der Waals surface area contributed by atoms with Crippen LogP contribution in [0, 0.1) is 11.3 Å². The van der Waals surface area contributed by atoms with E-state index in [-0.39, 0.29) is 0 Å². The number of hydrogen-bond donors (Lipinski definition) is 1. The van der Waals surface area contributed by atoms with Crippen LogP contribution < -0.4 is 0 Å². The van der Waals surface area contributed by atoms with Gasteiger partial charge in [-0.25, -0.2) is 4.98 Å². The molecule has 0 aliphatic heterocycles. The Balaban J connectivity index is 0.000000161. The van der Waals surface area contributed by atoms with Crippen molar-refractivity contribution in [2.75, 3.05) is 0 Å². The van der Waals surface area contributed by atoms with Gasteiger partial charge in [-0.05, 0) is 30.3 Å². The molecule has 0 aliphatic rings. The Kier molecular flexibility index (Phi) is 5.33. The summed E-state index contributed by atoms with van der Waals surface area (Å²) in [5.74, 6) is 0.734. The second-order valence-electron chi connectivity index (χ2n) is 3.97. The molecule has 104 valence electrons. The second kappa shape index (κ2) is 7.44. The van der Waals surface area contributed by atoms with E-state index in [4.69, 9.17) is 28.5 Å². The molecule has 0 bridgehead atoms. The molecule has 0 radical (unpaired) electrons. The molecular weight excluding hydrogens is 307 g/mol. The highest BCUT2D eigenvalue weighted by Crippen LogP contribution is 2.17. The third-order valence-electron chi connectivity index (χ3n) is 2.47. The van der Waals surface area contributed by atoms with Gasteiger partial charge >= 0.3 is 0 Å². The topological polar surface area (TPSA) is 65.4 Å². The van der Waals surface area contributed by atoms with Gasteiger partial charge in [0.15, 0.2) is 5.82 Å². The lowest BCUT2D eigenvalue weighted by molar-refractivity contribution is 1.10. The molecule has 21 heavy (non-hydrogen) atoms. The van der Waals surface area contributed by atoms with Crippen molar-refractivity contribution < 1.29 is 0 Å². The maximum absolute atomic E-state index is 8.35. The summed E-state index contributed by atoms with van der Waals surface area (Å²) in [7, 11) is 0. The zero-order valence-corrected chi connectivity index (χ0v) is 12.3. The van der Waals surface area contributed by atoms with Gasteiger partial charge in [0.25, 0.3) is 0 Å². The van der Waals surface area contributed by atoms with Crippen LogP contribution in [0.3, 0.4) is 0 Å². The molecule has 0 unspecified atom stereocenters. The first-order chi connectivity index (χ1) is 10.2. The van der Waals surface area contributed by atoms with Crippen LogP contribution in [0.4, 0.5) is 0 Å². The number of benzene rings is 2. The SMILES string of the molecule is Clc1cccc(-c2ncn[nH]2)c1.N#Cc1cccc(Cl)c1. The standard InChI is InChI=1S/C8H6ClN3.C7H4ClN/c9-7-3-1-2-6(4-7)8-10-5-11-12-8;8-7-3-1-2-6(4-7)5-9/h1-5H,(H,10,11,12);1-4H. The van der Waals surface area contributed by atoms with E-state index in [0.29, 0.717) is 15.6 Å². The summed E-state index contributed by atoms with van der Waals surface area (Å²) < 4.78 is 0. The fourth-order valence-electron chi connectivity index (χ4n) is 1.54. The molecule has 2 aromatic carbocycles. The van der Waals surface area contributed by atoms with Gasteiger partial charge in [0.1, 0.15) is 6.33 Å². The number of rotatable bonds is 1. The Labute approximate surface area is 132 Å². The lowest BCUT2D eigenvalue weighted by atomic mass is 10.2. The maximum Gasteiger partial charge on any atom is 0.155 e. The van der Waals surface area contributed by atoms with E-state index >= 15 is 0 Å². The van der Waals surface area contributed by atoms with Gasteiger partial charge in [-0.15, -0.1) is 0 Å². The minimum absolute atomic E-state index is 0.600. The number of nitrogens with zero attached hydrogens (tertiary/aromatic N) is 3. The number of aromatic amines is 1. The minimum Gasteiger partial charge on any atom is -0.259 e. The van der Waals surface area contributed by atoms with Crippen molar-refractivity contribution in [3.8, 4) is 17.5 Å². The molecule has 0 saturated heterocycles. The molecule has 0 saturated carbocycles. The molecule has 0 atom stereocenters. The number of nitriles is 1. The van der Waals surface area contributed by atoms with E-state index in [1.165, 1.54) is 6.33 Å². The van der Waals surface area contributed by atoms with Gasteiger partial charge < -0.3 is 0 Å². The molecule has 1 N–H and O–H groups in total. The number of H-pyrrole nitrogens is 1. The Morgan fingerprint density at radius 1 is 1.00 bits per heavy atom. The van der Waals surface area contributed by atoms with Crippen molar-refractivity contribution in [2.24, 2.45) is 0 Å². The van der Waals surface area contributed by atoms with Gasteiger partial charge in [-0.3, -0.25) is 5.10 Å². The van der Waals surface area contributed by atoms with Gasteiger partial charge in [0, 0.05) is 15.6 Å². The normalized spacial score (nSPS) is 9.38. The fraction of sp³-hybridized carbons (Fsp3) is 0. The summed E-state index contributed by atoms with van der Waals surface area (Å²) >= 11 is 11.4. The van der Waals surface area contributed by atoms with Crippen molar-refractivity contribution in [3.63, 3.8) is 0 Å². The monoisotopic (exact) mass is 316 g/mol. The Bertz CT molecular complexity index is 748. The molecule has 0 amide bonds. The molecule has 3 rings (SSSR count). The highest BCUT2D eigenvalue weighted by atomic mass is 35.5.